The zero-order chi connectivity index (χ0) is 15.4. The molecule has 0 aromatic heterocycles. The molecule has 0 spiro atoms. The fourth-order valence-electron chi connectivity index (χ4n) is 3.49. The molecule has 0 aromatic carbocycles. The molecule has 0 radical (unpaired) electrons. The minimum atomic E-state index is -0.776. The van der Waals surface area contributed by atoms with E-state index >= 15 is 0 Å². The summed E-state index contributed by atoms with van der Waals surface area (Å²) in [7, 11) is 0. The van der Waals surface area contributed by atoms with Crippen molar-refractivity contribution >= 4 is 11.9 Å². The lowest BCUT2D eigenvalue weighted by atomic mass is 9.93. The zero-order valence-corrected chi connectivity index (χ0v) is 13.3. The van der Waals surface area contributed by atoms with Gasteiger partial charge in [0, 0.05) is 12.6 Å². The molecule has 2 saturated heterocycles. The van der Waals surface area contributed by atoms with Gasteiger partial charge >= 0.3 is 5.97 Å². The maximum atomic E-state index is 12.8. The van der Waals surface area contributed by atoms with E-state index in [1.54, 1.807) is 4.90 Å². The van der Waals surface area contributed by atoms with Gasteiger partial charge < -0.3 is 10.0 Å². The van der Waals surface area contributed by atoms with Crippen molar-refractivity contribution in [2.75, 3.05) is 19.6 Å². The Balaban J connectivity index is 2.00. The number of likely N-dealkylation sites (tertiary alicyclic amines) is 2. The van der Waals surface area contributed by atoms with E-state index < -0.39 is 11.9 Å². The predicted molar refractivity (Wildman–Crippen MR) is 81.0 cm³/mol. The minimum Gasteiger partial charge on any atom is -0.481 e. The van der Waals surface area contributed by atoms with Gasteiger partial charge in [-0.2, -0.15) is 0 Å². The van der Waals surface area contributed by atoms with Gasteiger partial charge in [-0.05, 0) is 52.6 Å². The van der Waals surface area contributed by atoms with E-state index in [1.165, 1.54) is 12.8 Å². The van der Waals surface area contributed by atoms with Gasteiger partial charge in [0.05, 0.1) is 12.0 Å². The van der Waals surface area contributed by atoms with Crippen LogP contribution < -0.4 is 0 Å². The van der Waals surface area contributed by atoms with Gasteiger partial charge in [0.15, 0.2) is 0 Å². The highest BCUT2D eigenvalue weighted by atomic mass is 16.4. The lowest BCUT2D eigenvalue weighted by Crippen LogP contribution is -2.54. The Bertz CT molecular complexity index is 378. The summed E-state index contributed by atoms with van der Waals surface area (Å²) in [5.41, 5.74) is 0. The molecule has 3 unspecified atom stereocenters. The zero-order valence-electron chi connectivity index (χ0n) is 13.3. The molecular formula is C16H28N2O3. The van der Waals surface area contributed by atoms with E-state index in [2.05, 4.69) is 4.90 Å². The van der Waals surface area contributed by atoms with E-state index in [0.717, 1.165) is 32.4 Å². The third-order valence-electron chi connectivity index (χ3n) is 5.06. The number of hydrogen-bond donors (Lipinski definition) is 1. The normalized spacial score (nSPS) is 29.7. The number of carbonyl (C=O) groups is 2. The van der Waals surface area contributed by atoms with Gasteiger partial charge in [0.2, 0.25) is 5.91 Å². The molecule has 5 nitrogen and oxygen atoms in total. The number of hydrogen-bond acceptors (Lipinski definition) is 3. The molecule has 0 aromatic rings. The molecule has 2 aliphatic rings. The van der Waals surface area contributed by atoms with Crippen LogP contribution in [0.15, 0.2) is 0 Å². The van der Waals surface area contributed by atoms with Crippen molar-refractivity contribution in [1.29, 1.82) is 0 Å². The van der Waals surface area contributed by atoms with Gasteiger partial charge in [0.1, 0.15) is 0 Å². The van der Waals surface area contributed by atoms with Crippen LogP contribution in [0.25, 0.3) is 0 Å². The van der Waals surface area contributed by atoms with Crippen molar-refractivity contribution in [3.05, 3.63) is 0 Å². The first-order chi connectivity index (χ1) is 10.0. The van der Waals surface area contributed by atoms with Crippen molar-refractivity contribution in [1.82, 2.24) is 9.80 Å². The van der Waals surface area contributed by atoms with E-state index in [1.807, 2.05) is 13.8 Å². The Hall–Kier alpha value is -1.10. The first-order valence-electron chi connectivity index (χ1n) is 8.28. The number of piperidine rings is 1. The number of aliphatic carboxylic acids is 1. The Kier molecular flexibility index (Phi) is 5.62. The van der Waals surface area contributed by atoms with Gasteiger partial charge in [-0.3, -0.25) is 14.5 Å². The minimum absolute atomic E-state index is 0.107. The highest BCUT2D eigenvalue weighted by Gasteiger charge is 2.35. The molecule has 0 aliphatic carbocycles. The molecule has 5 heteroatoms. The van der Waals surface area contributed by atoms with E-state index in [4.69, 9.17) is 0 Å². The van der Waals surface area contributed by atoms with Crippen LogP contribution in [0.3, 0.4) is 0 Å². The highest BCUT2D eigenvalue weighted by Crippen LogP contribution is 2.24. The van der Waals surface area contributed by atoms with Gasteiger partial charge in [-0.25, -0.2) is 0 Å². The Morgan fingerprint density at radius 2 is 1.71 bits per heavy atom. The van der Waals surface area contributed by atoms with Crippen molar-refractivity contribution in [3.8, 4) is 0 Å². The summed E-state index contributed by atoms with van der Waals surface area (Å²) in [5, 5.41) is 9.20. The summed E-state index contributed by atoms with van der Waals surface area (Å²) in [6, 6.07) is 0.0284. The van der Waals surface area contributed by atoms with Gasteiger partial charge in [0.25, 0.3) is 0 Å². The quantitative estimate of drug-likeness (QED) is 0.865. The topological polar surface area (TPSA) is 60.9 Å². The number of carboxylic acid groups (broad SMARTS) is 1. The second-order valence-corrected chi connectivity index (χ2v) is 6.58. The van der Waals surface area contributed by atoms with Crippen LogP contribution in [0, 0.1) is 5.92 Å². The molecule has 2 fully saturated rings. The molecular weight excluding hydrogens is 268 g/mol. The van der Waals surface area contributed by atoms with Crippen LogP contribution in [-0.4, -0.2) is 58.5 Å². The number of nitrogens with zero attached hydrogens (tertiary/aromatic N) is 2. The first-order valence-corrected chi connectivity index (χ1v) is 8.28. The Labute approximate surface area is 127 Å². The predicted octanol–water partition coefficient (Wildman–Crippen LogP) is 1.96. The van der Waals surface area contributed by atoms with Crippen molar-refractivity contribution in [2.24, 2.45) is 5.92 Å². The molecule has 21 heavy (non-hydrogen) atoms. The van der Waals surface area contributed by atoms with Gasteiger partial charge in [-0.15, -0.1) is 0 Å². The lowest BCUT2D eigenvalue weighted by Gasteiger charge is -2.40. The Morgan fingerprint density at radius 3 is 2.29 bits per heavy atom. The molecule has 120 valence electrons. The standard InChI is InChI=1S/C16H28N2O3/c1-12-7-8-14(16(20)21)11-18(12)15(19)13(2)17-9-5-3-4-6-10-17/h12-14H,3-11H2,1-2H3,(H,20,21). The van der Waals surface area contributed by atoms with E-state index in [0.29, 0.717) is 13.0 Å². The third-order valence-corrected chi connectivity index (χ3v) is 5.06. The second kappa shape index (κ2) is 7.25. The van der Waals surface area contributed by atoms with Crippen molar-refractivity contribution < 1.29 is 14.7 Å². The maximum absolute atomic E-state index is 12.8. The van der Waals surface area contributed by atoms with Crippen molar-refractivity contribution in [3.63, 3.8) is 0 Å². The Morgan fingerprint density at radius 1 is 1.10 bits per heavy atom. The smallest absolute Gasteiger partial charge is 0.308 e. The van der Waals surface area contributed by atoms with E-state index in [9.17, 15) is 14.7 Å². The summed E-state index contributed by atoms with van der Waals surface area (Å²) in [5.74, 6) is -1.07. The van der Waals surface area contributed by atoms with Crippen LogP contribution >= 0.6 is 0 Å². The molecule has 0 bridgehead atoms. The summed E-state index contributed by atoms with van der Waals surface area (Å²) in [6.45, 7) is 6.35. The summed E-state index contributed by atoms with van der Waals surface area (Å²) < 4.78 is 0. The number of amides is 1. The average Bonchev–Trinajstić information content (AvgIpc) is 2.75. The molecule has 3 atom stereocenters. The van der Waals surface area contributed by atoms with E-state index in [-0.39, 0.29) is 18.0 Å². The largest absolute Gasteiger partial charge is 0.481 e. The monoisotopic (exact) mass is 296 g/mol. The SMILES string of the molecule is CC(C(=O)N1CC(C(=O)O)CCC1C)N1CCCCCC1. The van der Waals surface area contributed by atoms with Crippen LogP contribution in [-0.2, 0) is 9.59 Å². The molecule has 1 N–H and O–H groups in total. The number of carboxylic acids is 1. The summed E-state index contributed by atoms with van der Waals surface area (Å²) in [4.78, 5) is 28.1. The van der Waals surface area contributed by atoms with Crippen LogP contribution in [0.4, 0.5) is 0 Å². The van der Waals surface area contributed by atoms with Crippen LogP contribution in [0.5, 0.6) is 0 Å². The third kappa shape index (κ3) is 3.96. The van der Waals surface area contributed by atoms with Crippen molar-refractivity contribution in [2.45, 2.75) is 64.5 Å². The average molecular weight is 296 g/mol. The highest BCUT2D eigenvalue weighted by molar-refractivity contribution is 5.82. The maximum Gasteiger partial charge on any atom is 0.308 e. The molecule has 2 heterocycles. The van der Waals surface area contributed by atoms with Crippen LogP contribution in [0.2, 0.25) is 0 Å². The second-order valence-electron chi connectivity index (χ2n) is 6.58. The molecule has 2 rings (SSSR count). The number of rotatable bonds is 3. The molecule has 0 saturated carbocycles. The number of carbonyl (C=O) groups excluding carboxylic acids is 1. The molecule has 1 amide bonds. The first kappa shape index (κ1) is 16.3. The fourth-order valence-corrected chi connectivity index (χ4v) is 3.49. The fraction of sp³-hybridized carbons (Fsp3) is 0.875. The lowest BCUT2D eigenvalue weighted by molar-refractivity contribution is -0.149. The molecule has 2 aliphatic heterocycles. The van der Waals surface area contributed by atoms with Crippen LogP contribution in [0.1, 0.15) is 52.4 Å². The summed E-state index contributed by atoms with van der Waals surface area (Å²) >= 11 is 0. The van der Waals surface area contributed by atoms with Gasteiger partial charge in [-0.1, -0.05) is 12.8 Å². The summed E-state index contributed by atoms with van der Waals surface area (Å²) in [6.07, 6.45) is 6.28.